The summed E-state index contributed by atoms with van der Waals surface area (Å²) >= 11 is 0. The maximum Gasteiger partial charge on any atom is 0.328 e. The second kappa shape index (κ2) is 13.3. The van der Waals surface area contributed by atoms with E-state index >= 15 is 0 Å². The average molecular weight is 423 g/mol. The normalized spacial score (nSPS) is 14.7. The smallest absolute Gasteiger partial charge is 0.328 e. The molecule has 0 saturated heterocycles. The van der Waals surface area contributed by atoms with Crippen molar-refractivity contribution in [3.8, 4) is 0 Å². The molecular weight excluding hydrogens is 398 g/mol. The average Bonchev–Trinajstić information content (AvgIpc) is 2.70. The molecule has 0 heterocycles. The fourth-order valence-electron chi connectivity index (χ4n) is 1.84. The summed E-state index contributed by atoms with van der Waals surface area (Å²) in [5, 5.41) is 53.3. The van der Waals surface area contributed by atoms with Gasteiger partial charge in [0.1, 0.15) is 24.2 Å². The van der Waals surface area contributed by atoms with Crippen molar-refractivity contribution in [2.24, 2.45) is 5.73 Å². The summed E-state index contributed by atoms with van der Waals surface area (Å²) in [4.78, 5) is 58.1. The fourth-order valence-corrected chi connectivity index (χ4v) is 1.84. The molecule has 0 aliphatic heterocycles. The van der Waals surface area contributed by atoms with Crippen molar-refractivity contribution >= 4 is 29.6 Å². The van der Waals surface area contributed by atoms with Crippen LogP contribution in [0.15, 0.2) is 0 Å². The molecule has 11 N–H and O–H groups in total. The van der Waals surface area contributed by atoms with E-state index in [9.17, 15) is 34.2 Å². The van der Waals surface area contributed by atoms with E-state index in [1.54, 1.807) is 0 Å². The molecule has 4 amide bonds. The van der Waals surface area contributed by atoms with Crippen LogP contribution in [0.2, 0.25) is 0 Å². The van der Waals surface area contributed by atoms with Crippen LogP contribution in [0.3, 0.4) is 0 Å². The Hall–Kier alpha value is -2.85. The van der Waals surface area contributed by atoms with Gasteiger partial charge in [-0.15, -0.1) is 0 Å². The van der Waals surface area contributed by atoms with Gasteiger partial charge in [0.15, 0.2) is 0 Å². The molecule has 0 spiro atoms. The van der Waals surface area contributed by atoms with E-state index < -0.39 is 86.7 Å². The number of carbonyl (C=O) groups excluding carboxylic acids is 4. The van der Waals surface area contributed by atoms with E-state index in [1.807, 2.05) is 16.0 Å². The summed E-state index contributed by atoms with van der Waals surface area (Å²) in [6, 6.07) is -6.45. The number of aliphatic hydroxyl groups excluding tert-OH is 4. The zero-order chi connectivity index (χ0) is 22.6. The van der Waals surface area contributed by atoms with Crippen molar-refractivity contribution in [3.63, 3.8) is 0 Å². The van der Waals surface area contributed by atoms with Crippen LogP contribution in [0, 0.1) is 0 Å². The number of hydrogen-bond acceptors (Lipinski definition) is 10. The minimum absolute atomic E-state index is 0.466. The predicted molar refractivity (Wildman–Crippen MR) is 92.8 cm³/mol. The SMILES string of the molecule is NCC(=O)N[C@@H](CO)C(=O)N[C@@H](CO)C(=O)N[C@@H](CO)C(=O)N[C@@H](CO)C(=O)O. The number of carbonyl (C=O) groups is 5. The first kappa shape index (κ1) is 26.1. The van der Waals surface area contributed by atoms with Crippen LogP contribution >= 0.6 is 0 Å². The first-order chi connectivity index (χ1) is 13.6. The second-order valence-electron chi connectivity index (χ2n) is 5.58. The molecule has 0 aromatic carbocycles. The molecule has 0 aliphatic rings. The lowest BCUT2D eigenvalue weighted by atomic mass is 10.2. The highest BCUT2D eigenvalue weighted by Gasteiger charge is 2.30. The monoisotopic (exact) mass is 423 g/mol. The molecule has 0 saturated carbocycles. The predicted octanol–water partition coefficient (Wildman–Crippen LogP) is -7.06. The maximum absolute atomic E-state index is 12.1. The topological polar surface area (TPSA) is 261 Å². The molecule has 0 aromatic heterocycles. The standard InChI is InChI=1S/C14H25N5O10/c15-1-10(24)16-6(2-20)11(25)17-7(3-21)12(26)18-8(4-22)13(27)19-9(5-23)14(28)29/h6-9,20-23H,1-5,15H2,(H,16,24)(H,17,25)(H,18,26)(H,19,27)(H,28,29)/t6-,7-,8-,9-/m0/s1. The largest absolute Gasteiger partial charge is 0.480 e. The lowest BCUT2D eigenvalue weighted by molar-refractivity contribution is -0.143. The Morgan fingerprint density at radius 3 is 1.21 bits per heavy atom. The van der Waals surface area contributed by atoms with Gasteiger partial charge in [0, 0.05) is 0 Å². The summed E-state index contributed by atoms with van der Waals surface area (Å²) in [7, 11) is 0. The Labute approximate surface area is 164 Å². The summed E-state index contributed by atoms with van der Waals surface area (Å²) in [5.74, 6) is -5.64. The van der Waals surface area contributed by atoms with Crippen LogP contribution in [-0.2, 0) is 24.0 Å². The van der Waals surface area contributed by atoms with Crippen LogP contribution in [0.1, 0.15) is 0 Å². The van der Waals surface area contributed by atoms with E-state index in [2.05, 4.69) is 5.32 Å². The molecule has 0 aromatic rings. The number of carboxylic acid groups (broad SMARTS) is 1. The number of nitrogens with two attached hydrogens (primary N) is 1. The summed E-state index contributed by atoms with van der Waals surface area (Å²) < 4.78 is 0. The molecule has 15 heteroatoms. The lowest BCUT2D eigenvalue weighted by Gasteiger charge is -2.23. The van der Waals surface area contributed by atoms with Gasteiger partial charge in [-0.1, -0.05) is 0 Å². The lowest BCUT2D eigenvalue weighted by Crippen LogP contribution is -2.60. The van der Waals surface area contributed by atoms with Crippen molar-refractivity contribution in [1.82, 2.24) is 21.3 Å². The van der Waals surface area contributed by atoms with Gasteiger partial charge < -0.3 is 52.5 Å². The Morgan fingerprint density at radius 2 is 0.931 bits per heavy atom. The van der Waals surface area contributed by atoms with E-state index in [0.717, 1.165) is 0 Å². The second-order valence-corrected chi connectivity index (χ2v) is 5.58. The summed E-state index contributed by atoms with van der Waals surface area (Å²) in [6.45, 7) is -4.16. The molecule has 166 valence electrons. The van der Waals surface area contributed by atoms with Crippen molar-refractivity contribution in [1.29, 1.82) is 0 Å². The highest BCUT2D eigenvalue weighted by Crippen LogP contribution is 1.93. The van der Waals surface area contributed by atoms with Crippen LogP contribution in [0.25, 0.3) is 0 Å². The summed E-state index contributed by atoms with van der Waals surface area (Å²) in [6.07, 6.45) is 0. The number of amides is 4. The van der Waals surface area contributed by atoms with E-state index in [0.29, 0.717) is 0 Å². The Kier molecular flexibility index (Phi) is 12.0. The highest BCUT2D eigenvalue weighted by atomic mass is 16.4. The van der Waals surface area contributed by atoms with Gasteiger partial charge in [0.05, 0.1) is 33.0 Å². The number of aliphatic carboxylic acids is 1. The number of carboxylic acids is 1. The molecular formula is C14H25N5O10. The van der Waals surface area contributed by atoms with Gasteiger partial charge in [0.25, 0.3) is 0 Å². The van der Waals surface area contributed by atoms with Gasteiger partial charge in [-0.3, -0.25) is 19.2 Å². The number of hydrogen-bond donors (Lipinski definition) is 10. The first-order valence-corrected chi connectivity index (χ1v) is 8.21. The molecule has 0 unspecified atom stereocenters. The van der Waals surface area contributed by atoms with Crippen molar-refractivity contribution in [2.45, 2.75) is 24.2 Å². The number of nitrogens with one attached hydrogen (secondary N) is 4. The van der Waals surface area contributed by atoms with Crippen molar-refractivity contribution in [2.75, 3.05) is 33.0 Å². The summed E-state index contributed by atoms with van der Waals surface area (Å²) in [5.41, 5.74) is 5.07. The third kappa shape index (κ3) is 8.79. The fraction of sp³-hybridized carbons (Fsp3) is 0.643. The molecule has 4 atom stereocenters. The maximum atomic E-state index is 12.1. The molecule has 0 rings (SSSR count). The van der Waals surface area contributed by atoms with Crippen molar-refractivity contribution in [3.05, 3.63) is 0 Å². The van der Waals surface area contributed by atoms with Crippen LogP contribution in [-0.4, -0.2) is 112 Å². The minimum atomic E-state index is -1.68. The Morgan fingerprint density at radius 1 is 0.621 bits per heavy atom. The quantitative estimate of drug-likeness (QED) is 0.133. The Balaban J connectivity index is 5.01. The molecule has 0 bridgehead atoms. The van der Waals surface area contributed by atoms with Crippen molar-refractivity contribution < 1.29 is 49.5 Å². The first-order valence-electron chi connectivity index (χ1n) is 8.21. The van der Waals surface area contributed by atoms with Crippen LogP contribution in [0.5, 0.6) is 0 Å². The molecule has 0 fully saturated rings. The Bertz CT molecular complexity index is 601. The molecule has 0 radical (unpaired) electrons. The number of rotatable bonds is 13. The zero-order valence-corrected chi connectivity index (χ0v) is 15.2. The van der Waals surface area contributed by atoms with E-state index in [-0.39, 0.29) is 0 Å². The zero-order valence-electron chi connectivity index (χ0n) is 15.2. The van der Waals surface area contributed by atoms with Gasteiger partial charge in [-0.2, -0.15) is 0 Å². The van der Waals surface area contributed by atoms with Gasteiger partial charge in [-0.05, 0) is 0 Å². The molecule has 15 nitrogen and oxygen atoms in total. The third-order valence-electron chi connectivity index (χ3n) is 3.45. The number of aliphatic hydroxyl groups is 4. The molecule has 29 heavy (non-hydrogen) atoms. The third-order valence-corrected chi connectivity index (χ3v) is 3.45. The highest BCUT2D eigenvalue weighted by molar-refractivity contribution is 5.95. The van der Waals surface area contributed by atoms with Gasteiger partial charge >= 0.3 is 5.97 Å². The van der Waals surface area contributed by atoms with Gasteiger partial charge in [0.2, 0.25) is 23.6 Å². The van der Waals surface area contributed by atoms with E-state index in [4.69, 9.17) is 21.1 Å². The van der Waals surface area contributed by atoms with Gasteiger partial charge in [-0.25, -0.2) is 4.79 Å². The minimum Gasteiger partial charge on any atom is -0.480 e. The van der Waals surface area contributed by atoms with E-state index in [1.165, 1.54) is 0 Å². The molecule has 0 aliphatic carbocycles. The van der Waals surface area contributed by atoms with Crippen LogP contribution < -0.4 is 27.0 Å². The van der Waals surface area contributed by atoms with Crippen LogP contribution in [0.4, 0.5) is 0 Å².